The number of hydrogen-bond acceptors (Lipinski definition) is 4. The van der Waals surface area contributed by atoms with Crippen molar-refractivity contribution in [2.24, 2.45) is 0 Å². The topological polar surface area (TPSA) is 48.0 Å². The van der Waals surface area contributed by atoms with Gasteiger partial charge in [0.25, 0.3) is 0 Å². The number of aryl methyl sites for hydroxylation is 1. The van der Waals surface area contributed by atoms with Crippen LogP contribution in [0.1, 0.15) is 44.8 Å². The summed E-state index contributed by atoms with van der Waals surface area (Å²) in [7, 11) is 0. The number of benzene rings is 2. The van der Waals surface area contributed by atoms with Crippen LogP contribution in [0, 0.1) is 6.92 Å². The van der Waals surface area contributed by atoms with E-state index in [1.54, 1.807) is 4.90 Å². The normalized spacial score (nSPS) is 24.1. The zero-order valence-electron chi connectivity index (χ0n) is 17.4. The van der Waals surface area contributed by atoms with Crippen molar-refractivity contribution in [1.82, 2.24) is 0 Å². The van der Waals surface area contributed by atoms with Crippen molar-refractivity contribution < 1.29 is 37.6 Å². The van der Waals surface area contributed by atoms with Crippen LogP contribution < -0.4 is 23.8 Å². The second-order valence-corrected chi connectivity index (χ2v) is 8.40. The minimum Gasteiger partial charge on any atom is -0.625 e. The molecule has 0 radical (unpaired) electrons. The van der Waals surface area contributed by atoms with Gasteiger partial charge in [0.2, 0.25) is 0 Å². The fourth-order valence-corrected chi connectivity index (χ4v) is 3.87. The van der Waals surface area contributed by atoms with Gasteiger partial charge in [-0.25, -0.2) is 4.79 Å². The summed E-state index contributed by atoms with van der Waals surface area (Å²) in [5.41, 5.74) is 1.60. The molecule has 1 atom stereocenters. The van der Waals surface area contributed by atoms with E-state index in [0.717, 1.165) is 16.8 Å². The molecular formula is C21H25BLiNO4. The van der Waals surface area contributed by atoms with E-state index in [4.69, 9.17) is 14.0 Å². The zero-order chi connectivity index (χ0) is 19.4. The molecule has 0 aromatic heterocycles. The molecule has 1 unspecified atom stereocenters. The monoisotopic (exact) mass is 373 g/mol. The molecule has 1 amide bonds. The molecule has 142 valence electrons. The van der Waals surface area contributed by atoms with Gasteiger partial charge in [-0.3, -0.25) is 0 Å². The third-order valence-corrected chi connectivity index (χ3v) is 5.95. The van der Waals surface area contributed by atoms with Crippen LogP contribution in [0.2, 0.25) is 0 Å². The molecular weight excluding hydrogens is 348 g/mol. The number of anilines is 1. The maximum atomic E-state index is 13.0. The molecule has 2 saturated heterocycles. The number of hydrogen-bond donors (Lipinski definition) is 0. The van der Waals surface area contributed by atoms with Crippen molar-refractivity contribution in [2.45, 2.75) is 51.8 Å². The van der Waals surface area contributed by atoms with E-state index in [9.17, 15) is 4.79 Å². The number of amides is 1. The SMILES string of the molecule is Cc1ccc(C2N(c3ccccc3)C(=O)O[B-]23OC(C)(C)C(C)(C)O3)cc1.[Li+]. The number of rotatable bonds is 2. The van der Waals surface area contributed by atoms with Crippen LogP contribution in [-0.4, -0.2) is 24.0 Å². The van der Waals surface area contributed by atoms with E-state index < -0.39 is 30.0 Å². The van der Waals surface area contributed by atoms with Gasteiger partial charge in [-0.1, -0.05) is 53.6 Å². The average molecular weight is 373 g/mol. The number of carbonyl (C=O) groups excluding carboxylic acids is 1. The van der Waals surface area contributed by atoms with Crippen LogP contribution in [0.5, 0.6) is 0 Å². The van der Waals surface area contributed by atoms with Gasteiger partial charge < -0.3 is 18.9 Å². The molecule has 0 aliphatic carbocycles. The molecule has 2 fully saturated rings. The minimum atomic E-state index is -2.34. The Labute approximate surface area is 178 Å². The van der Waals surface area contributed by atoms with E-state index in [1.165, 1.54) is 0 Å². The molecule has 28 heavy (non-hydrogen) atoms. The van der Waals surface area contributed by atoms with Gasteiger partial charge in [0.05, 0.1) is 0 Å². The number of para-hydroxylation sites is 1. The van der Waals surface area contributed by atoms with E-state index in [0.29, 0.717) is 0 Å². The van der Waals surface area contributed by atoms with Gasteiger partial charge >= 0.3 is 31.7 Å². The third-order valence-electron chi connectivity index (χ3n) is 5.95. The summed E-state index contributed by atoms with van der Waals surface area (Å²) in [5, 5.41) is 0. The Morgan fingerprint density at radius 1 is 0.893 bits per heavy atom. The molecule has 2 aromatic carbocycles. The first kappa shape index (κ1) is 21.0. The summed E-state index contributed by atoms with van der Waals surface area (Å²) in [6, 6.07) is 17.6. The number of carbonyl (C=O) groups is 1. The molecule has 1 spiro atoms. The Morgan fingerprint density at radius 2 is 1.43 bits per heavy atom. The van der Waals surface area contributed by atoms with Crippen molar-refractivity contribution in [3.05, 3.63) is 65.7 Å². The van der Waals surface area contributed by atoms with Gasteiger partial charge in [0.15, 0.2) is 0 Å². The van der Waals surface area contributed by atoms with Gasteiger partial charge in [0, 0.05) is 22.8 Å². The Hall–Kier alpha value is -1.71. The van der Waals surface area contributed by atoms with Crippen molar-refractivity contribution >= 4 is 18.5 Å². The van der Waals surface area contributed by atoms with Gasteiger partial charge in [-0.2, -0.15) is 0 Å². The summed E-state index contributed by atoms with van der Waals surface area (Å²) >= 11 is 0. The van der Waals surface area contributed by atoms with Gasteiger partial charge in [-0.15, -0.1) is 0 Å². The fourth-order valence-electron chi connectivity index (χ4n) is 3.87. The Kier molecular flexibility index (Phi) is 5.23. The minimum absolute atomic E-state index is 0. The van der Waals surface area contributed by atoms with Crippen LogP contribution in [0.15, 0.2) is 54.6 Å². The first-order chi connectivity index (χ1) is 12.7. The van der Waals surface area contributed by atoms with Crippen LogP contribution in [-0.2, 0) is 14.0 Å². The summed E-state index contributed by atoms with van der Waals surface area (Å²) in [5.74, 6) is -0.499. The quantitative estimate of drug-likeness (QED) is 0.754. The molecule has 2 aliphatic rings. The molecule has 0 N–H and O–H groups in total. The molecule has 0 bridgehead atoms. The van der Waals surface area contributed by atoms with Crippen molar-refractivity contribution in [2.75, 3.05) is 4.90 Å². The number of nitrogens with zero attached hydrogens (tertiary/aromatic N) is 1. The second-order valence-electron chi connectivity index (χ2n) is 8.40. The maximum Gasteiger partial charge on any atom is 1.00 e. The van der Waals surface area contributed by atoms with Crippen molar-refractivity contribution in [1.29, 1.82) is 0 Å². The molecule has 2 aromatic rings. The molecule has 4 rings (SSSR count). The molecule has 2 heterocycles. The van der Waals surface area contributed by atoms with Crippen LogP contribution in [0.4, 0.5) is 10.5 Å². The standard InChI is InChI=1S/C21H25BNO4.Li/c1-15-11-13-16(14-12-15)18-22(26-20(2,3)21(4,5)27-22)25-19(24)23(18)17-9-7-6-8-10-17;/h6-14,18H,1-5H3;/q-1;+1. The summed E-state index contributed by atoms with van der Waals surface area (Å²) in [6.07, 6.45) is -0.458. The predicted octanol–water partition coefficient (Wildman–Crippen LogP) is 1.78. The maximum absolute atomic E-state index is 13.0. The molecule has 7 heteroatoms. The average Bonchev–Trinajstić information content (AvgIpc) is 2.96. The second kappa shape index (κ2) is 6.96. The van der Waals surface area contributed by atoms with Crippen LogP contribution >= 0.6 is 0 Å². The molecule has 2 aliphatic heterocycles. The fraction of sp³-hybridized carbons (Fsp3) is 0.381. The van der Waals surface area contributed by atoms with Crippen molar-refractivity contribution in [3.8, 4) is 0 Å². The summed E-state index contributed by atoms with van der Waals surface area (Å²) < 4.78 is 18.6. The van der Waals surface area contributed by atoms with Crippen molar-refractivity contribution in [3.63, 3.8) is 0 Å². The largest absolute Gasteiger partial charge is 1.00 e. The van der Waals surface area contributed by atoms with E-state index in [2.05, 4.69) is 0 Å². The molecule has 5 nitrogen and oxygen atoms in total. The van der Waals surface area contributed by atoms with E-state index >= 15 is 0 Å². The van der Waals surface area contributed by atoms with Gasteiger partial charge in [-0.05, 0) is 46.8 Å². The first-order valence-electron chi connectivity index (χ1n) is 9.33. The summed E-state index contributed by atoms with van der Waals surface area (Å²) in [6.45, 7) is 7.56. The van der Waals surface area contributed by atoms with E-state index in [1.807, 2.05) is 89.2 Å². The zero-order valence-corrected chi connectivity index (χ0v) is 17.4. The van der Waals surface area contributed by atoms with Crippen LogP contribution in [0.3, 0.4) is 0 Å². The Morgan fingerprint density at radius 3 is 1.96 bits per heavy atom. The first-order valence-corrected chi connectivity index (χ1v) is 9.33. The Bertz CT molecular complexity index is 854. The van der Waals surface area contributed by atoms with E-state index in [-0.39, 0.29) is 18.9 Å². The smallest absolute Gasteiger partial charge is 0.625 e. The molecule has 0 saturated carbocycles. The summed E-state index contributed by atoms with van der Waals surface area (Å²) in [4.78, 5) is 14.6. The predicted molar refractivity (Wildman–Crippen MR) is 105 cm³/mol. The third kappa shape index (κ3) is 3.19. The van der Waals surface area contributed by atoms with Gasteiger partial charge in [0.1, 0.15) is 0 Å². The van der Waals surface area contributed by atoms with Crippen LogP contribution in [0.25, 0.3) is 0 Å². The Balaban J connectivity index is 0.00000225.